The van der Waals surface area contributed by atoms with Crippen molar-refractivity contribution in [1.82, 2.24) is 5.32 Å². The monoisotopic (exact) mass is 444 g/mol. The molecule has 2 aromatic carbocycles. The third kappa shape index (κ3) is 4.26. The minimum absolute atomic E-state index is 0.207. The molecule has 3 rings (SSSR count). The number of hydrogen-bond donors (Lipinski definition) is 2. The molecule has 0 atom stereocenters. The highest BCUT2D eigenvalue weighted by Crippen LogP contribution is 2.24. The lowest BCUT2D eigenvalue weighted by Crippen LogP contribution is -2.54. The Morgan fingerprint density at radius 1 is 1.07 bits per heavy atom. The molecule has 142 valence electrons. The fraction of sp³-hybridized carbons (Fsp3) is 0.0526. The van der Waals surface area contributed by atoms with Crippen LogP contribution >= 0.6 is 15.9 Å². The molecule has 4 amide bonds. The molecule has 0 bridgehead atoms. The van der Waals surface area contributed by atoms with Crippen LogP contribution in [0.1, 0.15) is 5.56 Å². The number of ether oxygens (including phenoxy) is 1. The van der Waals surface area contributed by atoms with E-state index in [1.165, 1.54) is 18.2 Å². The van der Waals surface area contributed by atoms with Crippen molar-refractivity contribution in [3.05, 3.63) is 64.1 Å². The molecule has 0 aromatic heterocycles. The van der Waals surface area contributed by atoms with Crippen LogP contribution in [0.2, 0.25) is 0 Å². The first kappa shape index (κ1) is 19.3. The lowest BCUT2D eigenvalue weighted by molar-refractivity contribution is -0.139. The van der Waals surface area contributed by atoms with Crippen LogP contribution in [0.4, 0.5) is 10.5 Å². The van der Waals surface area contributed by atoms with Crippen LogP contribution in [-0.2, 0) is 14.4 Å². The van der Waals surface area contributed by atoms with Gasteiger partial charge in [-0.1, -0.05) is 28.1 Å². The summed E-state index contributed by atoms with van der Waals surface area (Å²) >= 11 is 3.28. The fourth-order valence-electron chi connectivity index (χ4n) is 2.45. The number of rotatable bonds is 5. The van der Waals surface area contributed by atoms with E-state index in [1.54, 1.807) is 36.4 Å². The molecule has 9 heteroatoms. The van der Waals surface area contributed by atoms with Crippen LogP contribution < -0.4 is 15.0 Å². The summed E-state index contributed by atoms with van der Waals surface area (Å²) in [6.07, 6.45) is 1.34. The molecule has 0 saturated carbocycles. The summed E-state index contributed by atoms with van der Waals surface area (Å²) < 4.78 is 5.81. The predicted molar refractivity (Wildman–Crippen MR) is 103 cm³/mol. The molecule has 2 aromatic rings. The third-order valence-corrected chi connectivity index (χ3v) is 4.27. The minimum Gasteiger partial charge on any atom is -0.482 e. The largest absolute Gasteiger partial charge is 0.482 e. The Kier molecular flexibility index (Phi) is 5.55. The van der Waals surface area contributed by atoms with E-state index in [2.05, 4.69) is 21.2 Å². The minimum atomic E-state index is -1.10. The number of hydrogen-bond acceptors (Lipinski definition) is 5. The van der Waals surface area contributed by atoms with Crippen molar-refractivity contribution in [2.24, 2.45) is 0 Å². The van der Waals surface area contributed by atoms with Crippen LogP contribution in [0.5, 0.6) is 5.75 Å². The van der Waals surface area contributed by atoms with Gasteiger partial charge in [-0.15, -0.1) is 0 Å². The highest BCUT2D eigenvalue weighted by atomic mass is 79.9. The Morgan fingerprint density at radius 3 is 2.32 bits per heavy atom. The van der Waals surface area contributed by atoms with Gasteiger partial charge in [-0.3, -0.25) is 14.9 Å². The number of carboxylic acids is 1. The predicted octanol–water partition coefficient (Wildman–Crippen LogP) is 2.58. The molecule has 0 radical (unpaired) electrons. The second-order valence-electron chi connectivity index (χ2n) is 5.69. The molecule has 8 nitrogen and oxygen atoms in total. The molecule has 1 aliphatic rings. The van der Waals surface area contributed by atoms with Crippen molar-refractivity contribution in [3.8, 4) is 5.75 Å². The first-order chi connectivity index (χ1) is 13.3. The number of halogens is 1. The average molecular weight is 445 g/mol. The van der Waals surface area contributed by atoms with Crippen LogP contribution in [0.3, 0.4) is 0 Å². The van der Waals surface area contributed by atoms with Crippen LogP contribution in [0, 0.1) is 0 Å². The van der Waals surface area contributed by atoms with E-state index >= 15 is 0 Å². The molecule has 1 aliphatic heterocycles. The maximum atomic E-state index is 12.8. The van der Waals surface area contributed by atoms with E-state index in [-0.39, 0.29) is 5.57 Å². The molecule has 1 saturated heterocycles. The topological polar surface area (TPSA) is 113 Å². The number of urea groups is 1. The van der Waals surface area contributed by atoms with Gasteiger partial charge in [-0.25, -0.2) is 14.5 Å². The quantitative estimate of drug-likeness (QED) is 0.541. The highest BCUT2D eigenvalue weighted by molar-refractivity contribution is 9.10. The molecular formula is C19H13BrN2O6. The number of benzene rings is 2. The molecule has 1 fully saturated rings. The number of nitrogens with zero attached hydrogens (tertiary/aromatic N) is 1. The van der Waals surface area contributed by atoms with Gasteiger partial charge in [-0.2, -0.15) is 0 Å². The average Bonchev–Trinajstić information content (AvgIpc) is 2.66. The summed E-state index contributed by atoms with van der Waals surface area (Å²) in [4.78, 5) is 48.4. The van der Waals surface area contributed by atoms with Gasteiger partial charge >= 0.3 is 12.0 Å². The smallest absolute Gasteiger partial charge is 0.341 e. The van der Waals surface area contributed by atoms with Crippen LogP contribution in [0.15, 0.2) is 58.6 Å². The zero-order valence-corrected chi connectivity index (χ0v) is 15.8. The molecule has 0 spiro atoms. The Labute approximate surface area is 167 Å². The molecule has 1 heterocycles. The Balaban J connectivity index is 1.86. The van der Waals surface area contributed by atoms with Crippen molar-refractivity contribution in [3.63, 3.8) is 0 Å². The number of barbiturate groups is 1. The number of anilines is 1. The number of imide groups is 2. The van der Waals surface area contributed by atoms with E-state index in [0.29, 0.717) is 17.0 Å². The van der Waals surface area contributed by atoms with Crippen LogP contribution in [0.25, 0.3) is 6.08 Å². The first-order valence-electron chi connectivity index (χ1n) is 7.97. The van der Waals surface area contributed by atoms with E-state index < -0.39 is 30.4 Å². The van der Waals surface area contributed by atoms with Crippen molar-refractivity contribution in [2.75, 3.05) is 11.5 Å². The maximum Gasteiger partial charge on any atom is 0.341 e. The number of carbonyl (C=O) groups is 4. The van der Waals surface area contributed by atoms with E-state index in [1.807, 2.05) is 0 Å². The highest BCUT2D eigenvalue weighted by Gasteiger charge is 2.36. The summed E-state index contributed by atoms with van der Waals surface area (Å²) in [6, 6.07) is 11.8. The van der Waals surface area contributed by atoms with Gasteiger partial charge in [0, 0.05) is 4.47 Å². The molecular weight excluding hydrogens is 432 g/mol. The van der Waals surface area contributed by atoms with Gasteiger partial charge in [0.15, 0.2) is 6.61 Å². The van der Waals surface area contributed by atoms with Gasteiger partial charge in [-0.05, 0) is 48.0 Å². The number of carbonyl (C=O) groups excluding carboxylic acids is 3. The Morgan fingerprint density at radius 2 is 1.71 bits per heavy atom. The second kappa shape index (κ2) is 8.05. The lowest BCUT2D eigenvalue weighted by atomic mass is 10.1. The molecule has 0 aliphatic carbocycles. The molecule has 2 N–H and O–H groups in total. The van der Waals surface area contributed by atoms with Crippen molar-refractivity contribution < 1.29 is 29.0 Å². The number of amides is 4. The molecule has 28 heavy (non-hydrogen) atoms. The maximum absolute atomic E-state index is 12.8. The normalized spacial score (nSPS) is 15.5. The summed E-state index contributed by atoms with van der Waals surface area (Å²) in [7, 11) is 0. The zero-order valence-electron chi connectivity index (χ0n) is 14.2. The third-order valence-electron chi connectivity index (χ3n) is 3.74. The molecule has 0 unspecified atom stereocenters. The van der Waals surface area contributed by atoms with Crippen molar-refractivity contribution in [2.45, 2.75) is 0 Å². The summed E-state index contributed by atoms with van der Waals surface area (Å²) in [5.74, 6) is -2.32. The van der Waals surface area contributed by atoms with Crippen LogP contribution in [-0.4, -0.2) is 35.5 Å². The van der Waals surface area contributed by atoms with E-state index in [4.69, 9.17) is 9.84 Å². The number of aliphatic carboxylic acids is 1. The zero-order chi connectivity index (χ0) is 20.3. The van der Waals surface area contributed by atoms with Gasteiger partial charge < -0.3 is 9.84 Å². The summed E-state index contributed by atoms with van der Waals surface area (Å²) in [5, 5.41) is 10.8. The first-order valence-corrected chi connectivity index (χ1v) is 8.76. The van der Waals surface area contributed by atoms with Gasteiger partial charge in [0.1, 0.15) is 11.3 Å². The standard InChI is InChI=1S/C19H13BrN2O6/c20-12-3-5-13(6-4-12)22-18(26)15(17(25)21-19(22)27)9-11-1-7-14(8-2-11)28-10-16(23)24/h1-9H,10H2,(H,23,24)(H,21,25,27)/b15-9+. The second-order valence-corrected chi connectivity index (χ2v) is 6.60. The number of nitrogens with one attached hydrogen (secondary N) is 1. The lowest BCUT2D eigenvalue weighted by Gasteiger charge is -2.26. The number of carboxylic acid groups (broad SMARTS) is 1. The fourth-order valence-corrected chi connectivity index (χ4v) is 2.72. The Bertz CT molecular complexity index is 982. The van der Waals surface area contributed by atoms with Gasteiger partial charge in [0.25, 0.3) is 11.8 Å². The van der Waals surface area contributed by atoms with E-state index in [0.717, 1.165) is 9.37 Å². The summed E-state index contributed by atoms with van der Waals surface area (Å²) in [6.45, 7) is -0.481. The van der Waals surface area contributed by atoms with Gasteiger partial charge in [0.05, 0.1) is 5.69 Å². The van der Waals surface area contributed by atoms with Crippen molar-refractivity contribution >= 4 is 51.5 Å². The SMILES string of the molecule is O=C(O)COc1ccc(/C=C2\C(=O)NC(=O)N(c3ccc(Br)cc3)C2=O)cc1. The Hall–Kier alpha value is -3.46. The van der Waals surface area contributed by atoms with Crippen molar-refractivity contribution in [1.29, 1.82) is 0 Å². The van der Waals surface area contributed by atoms with Gasteiger partial charge in [0.2, 0.25) is 0 Å². The summed E-state index contributed by atoms with van der Waals surface area (Å²) in [5.41, 5.74) is 0.620. The van der Waals surface area contributed by atoms with E-state index in [9.17, 15) is 19.2 Å².